The van der Waals surface area contributed by atoms with Gasteiger partial charge in [-0.15, -0.1) is 0 Å². The SMILES string of the molecule is Brc1ccc(CNc2ccc([C@H]3CNCCO3)cc2)nc1.COc1cccc(CNc2ccc([C@H]3CNCCO3)cc2)n1.Clc1ccc(CNc2ccc([C@H]3CNCCO3)cc2)cn1. The van der Waals surface area contributed by atoms with E-state index in [0.717, 1.165) is 104 Å². The van der Waals surface area contributed by atoms with E-state index in [1.165, 1.54) is 16.7 Å². The van der Waals surface area contributed by atoms with Crippen molar-refractivity contribution in [2.24, 2.45) is 0 Å². The second-order valence-corrected chi connectivity index (χ2v) is 16.5. The number of pyridine rings is 3. The van der Waals surface area contributed by atoms with Crippen LogP contribution in [0.15, 0.2) is 132 Å². The van der Waals surface area contributed by atoms with Crippen LogP contribution < -0.4 is 36.6 Å². The third kappa shape index (κ3) is 15.2. The highest BCUT2D eigenvalue weighted by Gasteiger charge is 2.17. The largest absolute Gasteiger partial charge is 0.481 e. The van der Waals surface area contributed by atoms with E-state index < -0.39 is 0 Å². The zero-order valence-corrected chi connectivity index (χ0v) is 38.4. The van der Waals surface area contributed by atoms with Crippen LogP contribution in [0, 0.1) is 0 Å². The maximum absolute atomic E-state index is 5.77. The molecule has 6 heterocycles. The Morgan fingerprint density at radius 3 is 1.50 bits per heavy atom. The van der Waals surface area contributed by atoms with Gasteiger partial charge in [0.05, 0.1) is 69.7 Å². The number of rotatable bonds is 13. The number of benzene rings is 3. The highest BCUT2D eigenvalue weighted by molar-refractivity contribution is 9.10. The summed E-state index contributed by atoms with van der Waals surface area (Å²) < 4.78 is 23.4. The van der Waals surface area contributed by atoms with Crippen LogP contribution in [0.25, 0.3) is 0 Å². The second kappa shape index (κ2) is 25.4. The van der Waals surface area contributed by atoms with E-state index >= 15 is 0 Å². The maximum Gasteiger partial charge on any atom is 0.213 e. The molecular weight excluding hydrogens is 894 g/mol. The first kappa shape index (κ1) is 46.8. The molecule has 64 heavy (non-hydrogen) atoms. The summed E-state index contributed by atoms with van der Waals surface area (Å²) in [5, 5.41) is 20.7. The molecule has 9 rings (SSSR count). The molecule has 0 amide bonds. The molecule has 3 atom stereocenters. The third-order valence-electron chi connectivity index (χ3n) is 10.6. The second-order valence-electron chi connectivity index (χ2n) is 15.2. The molecule has 3 fully saturated rings. The maximum atomic E-state index is 5.77. The van der Waals surface area contributed by atoms with Gasteiger partial charge in [-0.25, -0.2) is 9.97 Å². The number of hydrogen-bond acceptors (Lipinski definition) is 13. The molecule has 0 unspecified atom stereocenters. The highest BCUT2D eigenvalue weighted by Crippen LogP contribution is 2.24. The highest BCUT2D eigenvalue weighted by atomic mass is 79.9. The first-order chi connectivity index (χ1) is 31.5. The van der Waals surface area contributed by atoms with Gasteiger partial charge in [0.15, 0.2) is 0 Å². The van der Waals surface area contributed by atoms with Crippen molar-refractivity contribution in [1.82, 2.24) is 30.9 Å². The molecule has 0 bridgehead atoms. The Morgan fingerprint density at radius 2 is 1.08 bits per heavy atom. The van der Waals surface area contributed by atoms with Crippen LogP contribution >= 0.6 is 27.5 Å². The summed E-state index contributed by atoms with van der Waals surface area (Å²) in [6.45, 7) is 9.88. The van der Waals surface area contributed by atoms with Gasteiger partial charge >= 0.3 is 0 Å². The topological polar surface area (TPSA) is 148 Å². The van der Waals surface area contributed by atoms with Crippen molar-refractivity contribution in [3.8, 4) is 5.88 Å². The van der Waals surface area contributed by atoms with E-state index in [9.17, 15) is 0 Å². The minimum atomic E-state index is 0.155. The zero-order chi connectivity index (χ0) is 44.2. The Balaban J connectivity index is 0.000000144. The molecular formula is C49H57BrClN9O4. The van der Waals surface area contributed by atoms with E-state index in [1.54, 1.807) is 19.4 Å². The number of aromatic nitrogens is 3. The lowest BCUT2D eigenvalue weighted by Crippen LogP contribution is -2.33. The number of halogens is 2. The predicted molar refractivity (Wildman–Crippen MR) is 258 cm³/mol. The van der Waals surface area contributed by atoms with Gasteiger partial charge in [-0.3, -0.25) is 4.98 Å². The lowest BCUT2D eigenvalue weighted by molar-refractivity contribution is 0.0276. The average Bonchev–Trinajstić information content (AvgIpc) is 3.37. The van der Waals surface area contributed by atoms with Crippen LogP contribution in [-0.4, -0.2) is 81.2 Å². The van der Waals surface area contributed by atoms with Gasteiger partial charge in [-0.2, -0.15) is 0 Å². The Morgan fingerprint density at radius 1 is 0.578 bits per heavy atom. The smallest absolute Gasteiger partial charge is 0.213 e. The van der Waals surface area contributed by atoms with Gasteiger partial charge in [0, 0.05) is 85.8 Å². The molecule has 3 aliphatic rings. The molecule has 6 N–H and O–H groups in total. The van der Waals surface area contributed by atoms with Gasteiger partial charge < -0.3 is 50.8 Å². The number of nitrogens with one attached hydrogen (secondary N) is 6. The molecule has 15 heteroatoms. The summed E-state index contributed by atoms with van der Waals surface area (Å²) in [6.07, 6.45) is 4.08. The number of methoxy groups -OCH3 is 1. The van der Waals surface area contributed by atoms with Crippen molar-refractivity contribution < 1.29 is 18.9 Å². The monoisotopic (exact) mass is 949 g/mol. The van der Waals surface area contributed by atoms with Gasteiger partial charge in [-0.1, -0.05) is 60.1 Å². The third-order valence-corrected chi connectivity index (χ3v) is 11.3. The van der Waals surface area contributed by atoms with Crippen molar-refractivity contribution >= 4 is 44.6 Å². The fourth-order valence-electron chi connectivity index (χ4n) is 7.07. The number of morpholine rings is 3. The molecule has 0 radical (unpaired) electrons. The molecule has 0 saturated carbocycles. The Labute approximate surface area is 389 Å². The molecule has 336 valence electrons. The number of anilines is 3. The molecule has 3 aliphatic heterocycles. The van der Waals surface area contributed by atoms with Gasteiger partial charge in [0.2, 0.25) is 5.88 Å². The molecule has 13 nitrogen and oxygen atoms in total. The summed E-state index contributed by atoms with van der Waals surface area (Å²) in [5.41, 5.74) is 9.93. The first-order valence-corrected chi connectivity index (χ1v) is 22.8. The van der Waals surface area contributed by atoms with Crippen molar-refractivity contribution in [3.05, 3.63) is 171 Å². The molecule has 3 saturated heterocycles. The van der Waals surface area contributed by atoms with E-state index in [0.29, 0.717) is 24.1 Å². The van der Waals surface area contributed by atoms with Crippen LogP contribution in [-0.2, 0) is 33.8 Å². The molecule has 0 aliphatic carbocycles. The molecule has 3 aromatic heterocycles. The lowest BCUT2D eigenvalue weighted by atomic mass is 10.1. The molecule has 0 spiro atoms. The minimum Gasteiger partial charge on any atom is -0.481 e. The van der Waals surface area contributed by atoms with Crippen LogP contribution in [0.1, 0.15) is 52.0 Å². The van der Waals surface area contributed by atoms with Crippen molar-refractivity contribution in [2.45, 2.75) is 37.9 Å². The van der Waals surface area contributed by atoms with E-state index in [-0.39, 0.29) is 18.3 Å². The number of ether oxygens (including phenoxy) is 4. The lowest BCUT2D eigenvalue weighted by Gasteiger charge is -2.24. The van der Waals surface area contributed by atoms with Crippen LogP contribution in [0.5, 0.6) is 5.88 Å². The van der Waals surface area contributed by atoms with E-state index in [1.807, 2.05) is 42.6 Å². The average molecular weight is 951 g/mol. The Kier molecular flexibility index (Phi) is 18.6. The summed E-state index contributed by atoms with van der Waals surface area (Å²) in [7, 11) is 1.63. The fourth-order valence-corrected chi connectivity index (χ4v) is 7.41. The molecule has 6 aromatic rings. The predicted octanol–water partition coefficient (Wildman–Crippen LogP) is 8.49. The quantitative estimate of drug-likeness (QED) is 0.0616. The van der Waals surface area contributed by atoms with Crippen molar-refractivity contribution in [1.29, 1.82) is 0 Å². The fraction of sp³-hybridized carbons (Fsp3) is 0.327. The molecule has 3 aromatic carbocycles. The number of nitrogens with zero attached hydrogens (tertiary/aromatic N) is 3. The Hall–Kier alpha value is -5.16. The summed E-state index contributed by atoms with van der Waals surface area (Å²) in [4.78, 5) is 12.8. The first-order valence-electron chi connectivity index (χ1n) is 21.7. The van der Waals surface area contributed by atoms with Crippen LogP contribution in [0.3, 0.4) is 0 Å². The van der Waals surface area contributed by atoms with Crippen LogP contribution in [0.2, 0.25) is 5.15 Å². The summed E-state index contributed by atoms with van der Waals surface area (Å²) >= 11 is 9.16. The zero-order valence-electron chi connectivity index (χ0n) is 36.1. The van der Waals surface area contributed by atoms with Crippen molar-refractivity contribution in [2.75, 3.05) is 82.1 Å². The van der Waals surface area contributed by atoms with Gasteiger partial charge in [0.25, 0.3) is 0 Å². The standard InChI is InChI=1S/C17H21N3O2.C16H18BrN3O.C16H18ClN3O/c1-21-17-4-2-3-15(20-17)11-19-14-7-5-13(6-8-14)16-12-18-9-10-22-16;17-13-3-6-15(19-9-13)10-20-14-4-1-12(2-5-14)16-11-18-7-8-21-16;17-16-6-1-12(10-20-16)9-19-14-4-2-13(3-5-14)15-11-18-7-8-21-15/h2-8,16,18-19H,9-12H2,1H3;1-6,9,16,18,20H,7-8,10-11H2;1-6,10,15,18-19H,7-9,11H2/t2*16-;15-/m111/s1. The normalized spacial score (nSPS) is 18.3. The number of hydrogen-bond donors (Lipinski definition) is 6. The summed E-state index contributed by atoms with van der Waals surface area (Å²) in [6, 6.07) is 38.7. The summed E-state index contributed by atoms with van der Waals surface area (Å²) in [5.74, 6) is 0.636. The Bertz CT molecular complexity index is 2130. The van der Waals surface area contributed by atoms with E-state index in [4.69, 9.17) is 30.5 Å². The van der Waals surface area contributed by atoms with Gasteiger partial charge in [0.1, 0.15) is 5.15 Å². The van der Waals surface area contributed by atoms with Crippen LogP contribution in [0.4, 0.5) is 17.1 Å². The minimum absolute atomic E-state index is 0.155. The van der Waals surface area contributed by atoms with E-state index in [2.05, 4.69) is 136 Å². The van der Waals surface area contributed by atoms with Gasteiger partial charge in [-0.05, 0) is 98.8 Å². The van der Waals surface area contributed by atoms with Crippen molar-refractivity contribution in [3.63, 3.8) is 0 Å².